The molecule has 0 bridgehead atoms. The first kappa shape index (κ1) is 9.97. The van der Waals surface area contributed by atoms with Crippen molar-refractivity contribution in [2.75, 3.05) is 13.1 Å². The van der Waals surface area contributed by atoms with Gasteiger partial charge in [-0.25, -0.2) is 0 Å². The van der Waals surface area contributed by atoms with Crippen molar-refractivity contribution in [3.8, 4) is 0 Å². The zero-order chi connectivity index (χ0) is 9.97. The van der Waals surface area contributed by atoms with Gasteiger partial charge in [-0.2, -0.15) is 0 Å². The minimum absolute atomic E-state index is 0.287. The first-order valence-corrected chi connectivity index (χ1v) is 5.82. The Morgan fingerprint density at radius 2 is 1.93 bits per heavy atom. The van der Waals surface area contributed by atoms with E-state index in [1.807, 2.05) is 0 Å². The van der Waals surface area contributed by atoms with Gasteiger partial charge in [0.1, 0.15) is 0 Å². The summed E-state index contributed by atoms with van der Waals surface area (Å²) in [5, 5.41) is 2.98. The Bertz CT molecular complexity index is 205. The Hall–Kier alpha value is -0.570. The molecule has 0 aromatic rings. The molecule has 0 aliphatic heterocycles. The molecule has 3 N–H and O–H groups in total. The molecular formula is C11H20N2O. The Balaban J connectivity index is 1.71. The number of rotatable bonds is 4. The normalized spacial score (nSPS) is 34.8. The maximum Gasteiger partial charge on any atom is 0.223 e. The average Bonchev–Trinajstić information content (AvgIpc) is 2.92. The lowest BCUT2D eigenvalue weighted by Crippen LogP contribution is -2.28. The number of fused-ring (bicyclic) bond motifs is 1. The van der Waals surface area contributed by atoms with E-state index in [2.05, 4.69) is 5.32 Å². The Kier molecular flexibility index (Phi) is 3.06. The van der Waals surface area contributed by atoms with Crippen molar-refractivity contribution in [3.63, 3.8) is 0 Å². The van der Waals surface area contributed by atoms with Crippen LogP contribution >= 0.6 is 0 Å². The molecule has 2 unspecified atom stereocenters. The van der Waals surface area contributed by atoms with Crippen molar-refractivity contribution >= 4 is 5.91 Å². The highest BCUT2D eigenvalue weighted by Gasteiger charge is 2.54. The Morgan fingerprint density at radius 1 is 1.29 bits per heavy atom. The number of carbonyl (C=O) groups excluding carboxylic acids is 1. The molecule has 2 saturated carbocycles. The van der Waals surface area contributed by atoms with Crippen LogP contribution in [0, 0.1) is 17.8 Å². The van der Waals surface area contributed by atoms with Crippen molar-refractivity contribution in [1.82, 2.24) is 5.32 Å². The van der Waals surface area contributed by atoms with Gasteiger partial charge in [-0.15, -0.1) is 0 Å². The first-order valence-electron chi connectivity index (χ1n) is 5.82. The van der Waals surface area contributed by atoms with Gasteiger partial charge in [0.15, 0.2) is 0 Å². The van der Waals surface area contributed by atoms with E-state index in [1.165, 1.54) is 25.7 Å². The van der Waals surface area contributed by atoms with Gasteiger partial charge >= 0.3 is 0 Å². The predicted molar refractivity (Wildman–Crippen MR) is 55.6 cm³/mol. The molecule has 2 rings (SSSR count). The van der Waals surface area contributed by atoms with Gasteiger partial charge in [0, 0.05) is 12.5 Å². The maximum atomic E-state index is 11.7. The van der Waals surface area contributed by atoms with Crippen LogP contribution in [0.5, 0.6) is 0 Å². The minimum atomic E-state index is 0.287. The topological polar surface area (TPSA) is 55.1 Å². The fourth-order valence-corrected chi connectivity index (χ4v) is 2.81. The van der Waals surface area contributed by atoms with Crippen LogP contribution in [0.4, 0.5) is 0 Å². The predicted octanol–water partition coefficient (Wildman–Crippen LogP) is 0.888. The Labute approximate surface area is 85.4 Å². The third kappa shape index (κ3) is 1.92. The van der Waals surface area contributed by atoms with Crippen molar-refractivity contribution in [1.29, 1.82) is 0 Å². The number of hydrogen-bond donors (Lipinski definition) is 2. The van der Waals surface area contributed by atoms with Crippen LogP contribution in [-0.2, 0) is 4.79 Å². The summed E-state index contributed by atoms with van der Waals surface area (Å²) in [5.41, 5.74) is 5.37. The summed E-state index contributed by atoms with van der Waals surface area (Å²) in [6, 6.07) is 0. The van der Waals surface area contributed by atoms with E-state index in [-0.39, 0.29) is 5.91 Å². The Morgan fingerprint density at radius 3 is 2.50 bits per heavy atom. The summed E-state index contributed by atoms with van der Waals surface area (Å²) in [7, 11) is 0. The third-order valence-electron chi connectivity index (χ3n) is 3.64. The van der Waals surface area contributed by atoms with E-state index in [9.17, 15) is 4.79 Å². The molecule has 3 heteroatoms. The highest BCUT2D eigenvalue weighted by Crippen LogP contribution is 2.55. The van der Waals surface area contributed by atoms with Crippen LogP contribution in [0.1, 0.15) is 32.1 Å². The molecule has 0 spiro atoms. The monoisotopic (exact) mass is 196 g/mol. The second kappa shape index (κ2) is 4.30. The van der Waals surface area contributed by atoms with E-state index in [1.54, 1.807) is 0 Å². The molecule has 0 aromatic heterocycles. The zero-order valence-corrected chi connectivity index (χ0v) is 8.67. The van der Waals surface area contributed by atoms with E-state index in [0.29, 0.717) is 12.5 Å². The van der Waals surface area contributed by atoms with Gasteiger partial charge in [0.2, 0.25) is 5.91 Å². The largest absolute Gasteiger partial charge is 0.356 e. The number of amides is 1. The van der Waals surface area contributed by atoms with Gasteiger partial charge in [-0.05, 0) is 37.6 Å². The van der Waals surface area contributed by atoms with E-state index in [0.717, 1.165) is 24.8 Å². The zero-order valence-electron chi connectivity index (χ0n) is 8.67. The summed E-state index contributed by atoms with van der Waals surface area (Å²) < 4.78 is 0. The second-order valence-corrected chi connectivity index (χ2v) is 4.57. The third-order valence-corrected chi connectivity index (χ3v) is 3.64. The fourth-order valence-electron chi connectivity index (χ4n) is 2.81. The maximum absolute atomic E-state index is 11.7. The molecule has 2 fully saturated rings. The van der Waals surface area contributed by atoms with Crippen LogP contribution < -0.4 is 11.1 Å². The molecule has 14 heavy (non-hydrogen) atoms. The van der Waals surface area contributed by atoms with Gasteiger partial charge < -0.3 is 11.1 Å². The van der Waals surface area contributed by atoms with Gasteiger partial charge in [-0.3, -0.25) is 4.79 Å². The summed E-state index contributed by atoms with van der Waals surface area (Å²) >= 11 is 0. The summed E-state index contributed by atoms with van der Waals surface area (Å²) in [6.07, 6.45) is 6.11. The lowest BCUT2D eigenvalue weighted by Gasteiger charge is -2.04. The quantitative estimate of drug-likeness (QED) is 0.656. The van der Waals surface area contributed by atoms with Gasteiger partial charge in [-0.1, -0.05) is 12.8 Å². The van der Waals surface area contributed by atoms with Crippen LogP contribution in [-0.4, -0.2) is 19.0 Å². The summed E-state index contributed by atoms with van der Waals surface area (Å²) in [5.74, 6) is 2.09. The smallest absolute Gasteiger partial charge is 0.223 e. The second-order valence-electron chi connectivity index (χ2n) is 4.57. The molecule has 2 aliphatic carbocycles. The molecule has 2 atom stereocenters. The molecule has 80 valence electrons. The van der Waals surface area contributed by atoms with E-state index in [4.69, 9.17) is 5.73 Å². The highest BCUT2D eigenvalue weighted by atomic mass is 16.2. The molecule has 0 saturated heterocycles. The molecule has 0 heterocycles. The van der Waals surface area contributed by atoms with Crippen LogP contribution in [0.15, 0.2) is 0 Å². The molecular weight excluding hydrogens is 176 g/mol. The van der Waals surface area contributed by atoms with E-state index >= 15 is 0 Å². The van der Waals surface area contributed by atoms with Crippen LogP contribution in [0.3, 0.4) is 0 Å². The first-order chi connectivity index (χ1) is 6.84. The summed E-state index contributed by atoms with van der Waals surface area (Å²) in [6.45, 7) is 1.42. The van der Waals surface area contributed by atoms with Crippen LogP contribution in [0.2, 0.25) is 0 Å². The SMILES string of the molecule is NCCCNC(=O)C1C2CCCCC21. The number of carbonyl (C=O) groups is 1. The lowest BCUT2D eigenvalue weighted by atomic mass is 10.0. The van der Waals surface area contributed by atoms with E-state index < -0.39 is 0 Å². The van der Waals surface area contributed by atoms with Gasteiger partial charge in [0.25, 0.3) is 0 Å². The molecule has 2 aliphatic rings. The minimum Gasteiger partial charge on any atom is -0.356 e. The number of hydrogen-bond acceptors (Lipinski definition) is 2. The lowest BCUT2D eigenvalue weighted by molar-refractivity contribution is -0.122. The fraction of sp³-hybridized carbons (Fsp3) is 0.909. The standard InChI is InChI=1S/C11H20N2O/c12-6-3-7-13-11(14)10-8-4-1-2-5-9(8)10/h8-10H,1-7,12H2,(H,13,14). The van der Waals surface area contributed by atoms with Gasteiger partial charge in [0.05, 0.1) is 0 Å². The highest BCUT2D eigenvalue weighted by molar-refractivity contribution is 5.82. The summed E-state index contributed by atoms with van der Waals surface area (Å²) in [4.78, 5) is 11.7. The molecule has 1 amide bonds. The van der Waals surface area contributed by atoms with Crippen molar-refractivity contribution < 1.29 is 4.79 Å². The van der Waals surface area contributed by atoms with Crippen molar-refractivity contribution in [2.24, 2.45) is 23.5 Å². The van der Waals surface area contributed by atoms with Crippen molar-refractivity contribution in [2.45, 2.75) is 32.1 Å². The van der Waals surface area contributed by atoms with Crippen LogP contribution in [0.25, 0.3) is 0 Å². The molecule has 0 radical (unpaired) electrons. The van der Waals surface area contributed by atoms with Crippen molar-refractivity contribution in [3.05, 3.63) is 0 Å². The molecule has 0 aromatic carbocycles. The molecule has 3 nitrogen and oxygen atoms in total. The number of nitrogens with two attached hydrogens (primary N) is 1. The number of nitrogens with one attached hydrogen (secondary N) is 1. The average molecular weight is 196 g/mol.